The first-order valence-corrected chi connectivity index (χ1v) is 4.76. The average Bonchev–Trinajstić information content (AvgIpc) is 2.72. The number of benzene rings is 1. The van der Waals surface area contributed by atoms with Crippen LogP contribution in [0.25, 0.3) is 0 Å². The number of hydrogen-bond acceptors (Lipinski definition) is 3. The third-order valence-electron chi connectivity index (χ3n) is 2.14. The molecule has 0 amide bonds. The number of nitrogens with one attached hydrogen (secondary N) is 2. The number of halogens is 2. The summed E-state index contributed by atoms with van der Waals surface area (Å²) < 4.78 is 25.9. The van der Waals surface area contributed by atoms with E-state index >= 15 is 0 Å². The van der Waals surface area contributed by atoms with Gasteiger partial charge < -0.3 is 0 Å². The summed E-state index contributed by atoms with van der Waals surface area (Å²) in [5.41, 5.74) is 5.45. The molecule has 0 spiro atoms. The molecule has 0 aromatic heterocycles. The van der Waals surface area contributed by atoms with Gasteiger partial charge in [-0.25, -0.2) is 8.78 Å². The van der Waals surface area contributed by atoms with Crippen molar-refractivity contribution < 1.29 is 8.78 Å². The van der Waals surface area contributed by atoms with Gasteiger partial charge in [-0.15, -0.1) is 0 Å². The highest BCUT2D eigenvalue weighted by atomic mass is 19.1. The zero-order valence-electron chi connectivity index (χ0n) is 8.06. The Morgan fingerprint density at radius 1 is 1.20 bits per heavy atom. The van der Waals surface area contributed by atoms with E-state index in [1.807, 2.05) is 0 Å². The average molecular weight is 211 g/mol. The lowest BCUT2D eigenvalue weighted by atomic mass is 10.3. The van der Waals surface area contributed by atoms with E-state index < -0.39 is 11.6 Å². The normalized spacial score (nSPS) is 14.9. The van der Waals surface area contributed by atoms with Crippen LogP contribution in [0.15, 0.2) is 23.2 Å². The van der Waals surface area contributed by atoms with E-state index in [1.54, 1.807) is 0 Å². The van der Waals surface area contributed by atoms with Crippen molar-refractivity contribution in [1.82, 2.24) is 5.43 Å². The first-order valence-electron chi connectivity index (χ1n) is 4.76. The fraction of sp³-hybridized carbons (Fsp3) is 0.300. The van der Waals surface area contributed by atoms with Gasteiger partial charge in [-0.3, -0.25) is 15.8 Å². The smallest absolute Gasteiger partial charge is 0.148 e. The molecule has 15 heavy (non-hydrogen) atoms. The molecule has 1 aliphatic heterocycles. The molecule has 0 aliphatic carbocycles. The van der Waals surface area contributed by atoms with Crippen molar-refractivity contribution in [1.29, 1.82) is 0 Å². The minimum absolute atomic E-state index is 0.0876. The number of hydrazine groups is 1. The van der Waals surface area contributed by atoms with Crippen LogP contribution in [0.5, 0.6) is 0 Å². The SMILES string of the molecule is Fc1ccc(F)c(NNC2=NCCC2)c1. The minimum Gasteiger partial charge on any atom is -0.297 e. The summed E-state index contributed by atoms with van der Waals surface area (Å²) in [5, 5.41) is 0. The second-order valence-electron chi connectivity index (χ2n) is 3.31. The predicted octanol–water partition coefficient (Wildman–Crippen LogP) is 2.07. The monoisotopic (exact) mass is 211 g/mol. The van der Waals surface area contributed by atoms with Crippen LogP contribution in [0, 0.1) is 11.6 Å². The molecule has 0 saturated carbocycles. The molecule has 1 aliphatic rings. The first kappa shape index (κ1) is 9.89. The van der Waals surface area contributed by atoms with Crippen LogP contribution in [-0.4, -0.2) is 12.4 Å². The summed E-state index contributed by atoms with van der Waals surface area (Å²) >= 11 is 0. The molecule has 0 fully saturated rings. The van der Waals surface area contributed by atoms with E-state index in [0.29, 0.717) is 0 Å². The van der Waals surface area contributed by atoms with Crippen LogP contribution in [-0.2, 0) is 0 Å². The minimum atomic E-state index is -0.498. The van der Waals surface area contributed by atoms with Crippen molar-refractivity contribution in [2.75, 3.05) is 12.0 Å². The summed E-state index contributed by atoms with van der Waals surface area (Å²) in [7, 11) is 0. The Balaban J connectivity index is 2.00. The molecule has 1 aromatic carbocycles. The second kappa shape index (κ2) is 4.25. The van der Waals surface area contributed by atoms with Crippen molar-refractivity contribution in [2.45, 2.75) is 12.8 Å². The van der Waals surface area contributed by atoms with Gasteiger partial charge in [0.1, 0.15) is 17.5 Å². The quantitative estimate of drug-likeness (QED) is 0.735. The lowest BCUT2D eigenvalue weighted by molar-refractivity contribution is 0.602. The lowest BCUT2D eigenvalue weighted by Crippen LogP contribution is -2.28. The molecule has 0 atom stereocenters. The van der Waals surface area contributed by atoms with Gasteiger partial charge in [0, 0.05) is 19.0 Å². The van der Waals surface area contributed by atoms with Gasteiger partial charge in [-0.2, -0.15) is 0 Å². The van der Waals surface area contributed by atoms with Gasteiger partial charge in [0.15, 0.2) is 0 Å². The number of amidine groups is 1. The van der Waals surface area contributed by atoms with Crippen molar-refractivity contribution in [3.8, 4) is 0 Å². The van der Waals surface area contributed by atoms with Crippen LogP contribution in [0.3, 0.4) is 0 Å². The summed E-state index contributed by atoms with van der Waals surface area (Å²) in [4.78, 5) is 4.13. The Morgan fingerprint density at radius 2 is 2.07 bits per heavy atom. The van der Waals surface area contributed by atoms with Crippen molar-refractivity contribution in [2.24, 2.45) is 4.99 Å². The van der Waals surface area contributed by atoms with E-state index in [1.165, 1.54) is 0 Å². The van der Waals surface area contributed by atoms with Gasteiger partial charge >= 0.3 is 0 Å². The molecular weight excluding hydrogens is 200 g/mol. The summed E-state index contributed by atoms with van der Waals surface area (Å²) in [6.45, 7) is 0.787. The second-order valence-corrected chi connectivity index (χ2v) is 3.31. The van der Waals surface area contributed by atoms with E-state index in [2.05, 4.69) is 15.8 Å². The topological polar surface area (TPSA) is 36.4 Å². The molecule has 2 N–H and O–H groups in total. The van der Waals surface area contributed by atoms with Crippen LogP contribution in [0.1, 0.15) is 12.8 Å². The van der Waals surface area contributed by atoms with Crippen LogP contribution < -0.4 is 10.9 Å². The molecular formula is C10H11F2N3. The Kier molecular flexibility index (Phi) is 2.80. The summed E-state index contributed by atoms with van der Waals surface area (Å²) in [6.07, 6.45) is 1.83. The third-order valence-corrected chi connectivity index (χ3v) is 2.14. The molecule has 5 heteroatoms. The van der Waals surface area contributed by atoms with Gasteiger partial charge in [0.25, 0.3) is 0 Å². The van der Waals surface area contributed by atoms with E-state index in [4.69, 9.17) is 0 Å². The molecule has 0 saturated heterocycles. The Hall–Kier alpha value is -1.65. The Labute approximate surface area is 86.2 Å². The van der Waals surface area contributed by atoms with E-state index in [9.17, 15) is 8.78 Å². The van der Waals surface area contributed by atoms with Crippen molar-refractivity contribution in [3.63, 3.8) is 0 Å². The molecule has 1 aromatic rings. The number of anilines is 1. The first-order chi connectivity index (χ1) is 7.25. The zero-order valence-corrected chi connectivity index (χ0v) is 8.06. The van der Waals surface area contributed by atoms with Gasteiger partial charge in [-0.1, -0.05) is 0 Å². The molecule has 1 heterocycles. The van der Waals surface area contributed by atoms with Gasteiger partial charge in [0.05, 0.1) is 5.69 Å². The predicted molar refractivity (Wildman–Crippen MR) is 54.7 cm³/mol. The number of aliphatic imine (C=N–C) groups is 1. The third kappa shape index (κ3) is 2.43. The van der Waals surface area contributed by atoms with Crippen LogP contribution in [0.4, 0.5) is 14.5 Å². The maximum absolute atomic E-state index is 13.1. The Morgan fingerprint density at radius 3 is 2.80 bits per heavy atom. The molecule has 2 rings (SSSR count). The lowest BCUT2D eigenvalue weighted by Gasteiger charge is -2.09. The number of hydrogen-bond donors (Lipinski definition) is 2. The number of nitrogens with zero attached hydrogens (tertiary/aromatic N) is 1. The Bertz CT molecular complexity index is 390. The largest absolute Gasteiger partial charge is 0.297 e. The highest BCUT2D eigenvalue weighted by molar-refractivity contribution is 5.84. The zero-order chi connectivity index (χ0) is 10.7. The van der Waals surface area contributed by atoms with Gasteiger partial charge in [-0.05, 0) is 18.6 Å². The molecule has 0 unspecified atom stereocenters. The fourth-order valence-corrected chi connectivity index (χ4v) is 1.37. The van der Waals surface area contributed by atoms with E-state index in [0.717, 1.165) is 43.4 Å². The van der Waals surface area contributed by atoms with E-state index in [-0.39, 0.29) is 5.69 Å². The van der Waals surface area contributed by atoms with Crippen molar-refractivity contribution in [3.05, 3.63) is 29.8 Å². The number of rotatable bonds is 2. The van der Waals surface area contributed by atoms with Gasteiger partial charge in [0.2, 0.25) is 0 Å². The van der Waals surface area contributed by atoms with Crippen molar-refractivity contribution >= 4 is 11.5 Å². The fourth-order valence-electron chi connectivity index (χ4n) is 1.37. The molecule has 0 radical (unpaired) electrons. The maximum Gasteiger partial charge on any atom is 0.148 e. The molecule has 0 bridgehead atoms. The summed E-state index contributed by atoms with van der Waals surface area (Å²) in [5.74, 6) is -0.199. The summed E-state index contributed by atoms with van der Waals surface area (Å²) in [6, 6.07) is 3.25. The maximum atomic E-state index is 13.1. The molecule has 80 valence electrons. The highest BCUT2D eigenvalue weighted by Gasteiger charge is 2.07. The highest BCUT2D eigenvalue weighted by Crippen LogP contribution is 2.14. The molecule has 3 nitrogen and oxygen atoms in total. The van der Waals surface area contributed by atoms with Crippen LogP contribution >= 0.6 is 0 Å². The standard InChI is InChI=1S/C10H11F2N3/c11-7-3-4-8(12)9(6-7)14-15-10-2-1-5-13-10/h3-4,6,14H,1-2,5H2,(H,13,15). The van der Waals surface area contributed by atoms with Crippen LogP contribution in [0.2, 0.25) is 0 Å².